The van der Waals surface area contributed by atoms with Gasteiger partial charge in [-0.15, -0.1) is 0 Å². The maximum atomic E-state index is 4.32. The minimum absolute atomic E-state index is 0.867. The van der Waals surface area contributed by atoms with Gasteiger partial charge in [-0.05, 0) is 68.5 Å². The van der Waals surface area contributed by atoms with Gasteiger partial charge < -0.3 is 4.90 Å². The number of rotatable bonds is 7. The quantitative estimate of drug-likeness (QED) is 0.735. The topological polar surface area (TPSA) is 19.4 Å². The van der Waals surface area contributed by atoms with E-state index in [9.17, 15) is 0 Å². The van der Waals surface area contributed by atoms with Crippen molar-refractivity contribution in [2.24, 2.45) is 11.8 Å². The first-order chi connectivity index (χ1) is 12.4. The zero-order valence-electron chi connectivity index (χ0n) is 15.8. The number of piperidine rings is 1. The van der Waals surface area contributed by atoms with Crippen molar-refractivity contribution in [3.8, 4) is 0 Å². The van der Waals surface area contributed by atoms with E-state index < -0.39 is 0 Å². The van der Waals surface area contributed by atoms with E-state index in [1.165, 1.54) is 89.5 Å². The average molecular weight is 342 g/mol. The molecule has 2 aliphatic carbocycles. The zero-order chi connectivity index (χ0) is 16.9. The van der Waals surface area contributed by atoms with Crippen LogP contribution in [0.2, 0.25) is 0 Å². The normalized spacial score (nSPS) is 26.2. The first-order valence-corrected chi connectivity index (χ1v) is 10.7. The molecule has 25 heavy (non-hydrogen) atoms. The van der Waals surface area contributed by atoms with Crippen molar-refractivity contribution >= 4 is 0 Å². The van der Waals surface area contributed by atoms with Crippen LogP contribution in [0.3, 0.4) is 0 Å². The molecule has 1 unspecified atom stereocenters. The Morgan fingerprint density at radius 2 is 1.80 bits per heavy atom. The lowest BCUT2D eigenvalue weighted by Crippen LogP contribution is -2.46. The maximum absolute atomic E-state index is 4.32. The Balaban J connectivity index is 1.33. The molecular weight excluding hydrogens is 306 g/mol. The largest absolute Gasteiger partial charge is 0.300 e. The molecule has 1 aromatic rings. The number of hydrogen-bond donors (Lipinski definition) is 0. The molecule has 0 spiro atoms. The standard InChI is InChI=1S/C22H35N3/c1-2-8-22(9-3-1)25-13-5-7-21(18-25)17-24(15-19-10-11-19)16-20-6-4-12-23-14-20/h4,6,12,14,19,21-22H,1-3,5,7-11,13,15-18H2. The molecule has 1 aliphatic heterocycles. The van der Waals surface area contributed by atoms with Gasteiger partial charge in [0.15, 0.2) is 0 Å². The summed E-state index contributed by atoms with van der Waals surface area (Å²) in [5.41, 5.74) is 1.38. The fraction of sp³-hybridized carbons (Fsp3) is 0.773. The molecule has 0 amide bonds. The number of hydrogen-bond acceptors (Lipinski definition) is 3. The van der Waals surface area contributed by atoms with Crippen LogP contribution in [0.4, 0.5) is 0 Å². The van der Waals surface area contributed by atoms with Crippen molar-refractivity contribution in [2.75, 3.05) is 26.2 Å². The molecule has 1 saturated heterocycles. The second kappa shape index (κ2) is 8.64. The van der Waals surface area contributed by atoms with Crippen LogP contribution in [0.1, 0.15) is 63.4 Å². The van der Waals surface area contributed by atoms with Crippen LogP contribution in [-0.4, -0.2) is 47.0 Å². The summed E-state index contributed by atoms with van der Waals surface area (Å²) in [6, 6.07) is 5.21. The minimum Gasteiger partial charge on any atom is -0.300 e. The summed E-state index contributed by atoms with van der Waals surface area (Å²) in [6.07, 6.45) is 17.0. The Labute approximate surface area is 153 Å². The molecule has 1 aromatic heterocycles. The summed E-state index contributed by atoms with van der Waals surface area (Å²) >= 11 is 0. The lowest BCUT2D eigenvalue weighted by Gasteiger charge is -2.41. The van der Waals surface area contributed by atoms with Crippen LogP contribution >= 0.6 is 0 Å². The molecule has 3 aliphatic rings. The number of pyridine rings is 1. The summed E-state index contributed by atoms with van der Waals surface area (Å²) in [5.74, 6) is 1.83. The first-order valence-electron chi connectivity index (χ1n) is 10.7. The minimum atomic E-state index is 0.867. The predicted octanol–water partition coefficient (Wildman–Crippen LogP) is 4.34. The Morgan fingerprint density at radius 3 is 2.56 bits per heavy atom. The molecular formula is C22H35N3. The van der Waals surface area contributed by atoms with Crippen molar-refractivity contribution in [3.63, 3.8) is 0 Å². The van der Waals surface area contributed by atoms with E-state index in [-0.39, 0.29) is 0 Å². The Bertz CT molecular complexity index is 507. The SMILES string of the molecule is c1cncc(CN(CC2CC2)CC2CCCN(C3CCCCC3)C2)c1. The fourth-order valence-corrected chi connectivity index (χ4v) is 5.01. The Hall–Kier alpha value is -0.930. The third-order valence-corrected chi connectivity index (χ3v) is 6.50. The molecule has 3 fully saturated rings. The molecule has 0 bridgehead atoms. The van der Waals surface area contributed by atoms with Gasteiger partial charge in [-0.1, -0.05) is 25.3 Å². The highest BCUT2D eigenvalue weighted by Crippen LogP contribution is 2.32. The van der Waals surface area contributed by atoms with E-state index in [0.29, 0.717) is 0 Å². The summed E-state index contributed by atoms with van der Waals surface area (Å²) in [6.45, 7) is 6.37. The molecule has 0 N–H and O–H groups in total. The smallest absolute Gasteiger partial charge is 0.0312 e. The number of nitrogens with zero attached hydrogens (tertiary/aromatic N) is 3. The Kier molecular flexibility index (Phi) is 6.04. The molecule has 1 atom stereocenters. The Morgan fingerprint density at radius 1 is 0.960 bits per heavy atom. The maximum Gasteiger partial charge on any atom is 0.0312 e. The molecule has 0 radical (unpaired) electrons. The third-order valence-electron chi connectivity index (χ3n) is 6.50. The molecule has 3 heteroatoms. The van der Waals surface area contributed by atoms with Crippen LogP contribution < -0.4 is 0 Å². The van der Waals surface area contributed by atoms with E-state index in [1.54, 1.807) is 0 Å². The van der Waals surface area contributed by atoms with Crippen molar-refractivity contribution < 1.29 is 0 Å². The van der Waals surface area contributed by atoms with Crippen LogP contribution in [0.5, 0.6) is 0 Å². The van der Waals surface area contributed by atoms with Crippen LogP contribution in [-0.2, 0) is 6.54 Å². The third kappa shape index (κ3) is 5.27. The molecule has 4 rings (SSSR count). The monoisotopic (exact) mass is 341 g/mol. The predicted molar refractivity (Wildman–Crippen MR) is 103 cm³/mol. The van der Waals surface area contributed by atoms with Crippen LogP contribution in [0, 0.1) is 11.8 Å². The van der Waals surface area contributed by atoms with Gasteiger partial charge in [-0.25, -0.2) is 0 Å². The van der Waals surface area contributed by atoms with E-state index in [2.05, 4.69) is 33.1 Å². The lowest BCUT2D eigenvalue weighted by atomic mass is 9.90. The van der Waals surface area contributed by atoms with E-state index >= 15 is 0 Å². The van der Waals surface area contributed by atoms with Gasteiger partial charge in [0.1, 0.15) is 0 Å². The molecule has 3 nitrogen and oxygen atoms in total. The molecule has 0 aromatic carbocycles. The summed E-state index contributed by atoms with van der Waals surface area (Å²) in [7, 11) is 0. The van der Waals surface area contributed by atoms with Crippen LogP contribution in [0.15, 0.2) is 24.5 Å². The highest BCUT2D eigenvalue weighted by atomic mass is 15.2. The molecule has 2 heterocycles. The second-order valence-electron chi connectivity index (χ2n) is 8.79. The van der Waals surface area contributed by atoms with Gasteiger partial charge in [0, 0.05) is 44.6 Å². The fourth-order valence-electron chi connectivity index (χ4n) is 5.01. The van der Waals surface area contributed by atoms with Gasteiger partial charge in [-0.3, -0.25) is 9.88 Å². The van der Waals surface area contributed by atoms with Crippen molar-refractivity contribution in [2.45, 2.75) is 70.4 Å². The van der Waals surface area contributed by atoms with Crippen LogP contribution in [0.25, 0.3) is 0 Å². The molecule has 2 saturated carbocycles. The highest BCUT2D eigenvalue weighted by molar-refractivity contribution is 5.08. The lowest BCUT2D eigenvalue weighted by molar-refractivity contribution is 0.0777. The van der Waals surface area contributed by atoms with Gasteiger partial charge in [-0.2, -0.15) is 0 Å². The van der Waals surface area contributed by atoms with Gasteiger partial charge >= 0.3 is 0 Å². The highest BCUT2D eigenvalue weighted by Gasteiger charge is 2.30. The zero-order valence-corrected chi connectivity index (χ0v) is 15.8. The number of likely N-dealkylation sites (tertiary alicyclic amines) is 1. The summed E-state index contributed by atoms with van der Waals surface area (Å²) in [5, 5.41) is 0. The molecule has 138 valence electrons. The van der Waals surface area contributed by atoms with E-state index in [4.69, 9.17) is 0 Å². The number of aromatic nitrogens is 1. The van der Waals surface area contributed by atoms with Gasteiger partial charge in [0.25, 0.3) is 0 Å². The van der Waals surface area contributed by atoms with Crippen molar-refractivity contribution in [1.82, 2.24) is 14.8 Å². The summed E-state index contributed by atoms with van der Waals surface area (Å²) in [4.78, 5) is 9.91. The van der Waals surface area contributed by atoms with Gasteiger partial charge in [0.2, 0.25) is 0 Å². The van der Waals surface area contributed by atoms with Crippen molar-refractivity contribution in [3.05, 3.63) is 30.1 Å². The van der Waals surface area contributed by atoms with E-state index in [0.717, 1.165) is 24.4 Å². The first kappa shape index (κ1) is 17.5. The van der Waals surface area contributed by atoms with Crippen molar-refractivity contribution in [1.29, 1.82) is 0 Å². The summed E-state index contributed by atoms with van der Waals surface area (Å²) < 4.78 is 0. The second-order valence-corrected chi connectivity index (χ2v) is 8.79. The van der Waals surface area contributed by atoms with E-state index in [1.807, 2.05) is 6.20 Å². The average Bonchev–Trinajstić information content (AvgIpc) is 3.47. The van der Waals surface area contributed by atoms with Gasteiger partial charge in [0.05, 0.1) is 0 Å².